The fourth-order valence-corrected chi connectivity index (χ4v) is 1.66. The Kier molecular flexibility index (Phi) is 2.47. The van der Waals surface area contributed by atoms with E-state index in [-0.39, 0.29) is 4.90 Å². The normalized spacial score (nSPS) is 26.0. The van der Waals surface area contributed by atoms with Crippen LogP contribution < -0.4 is 16.0 Å². The third-order valence-corrected chi connectivity index (χ3v) is 2.55. The fraction of sp³-hybridized carbons (Fsp3) is 0.250. The van der Waals surface area contributed by atoms with Crippen molar-refractivity contribution in [3.8, 4) is 0 Å². The molecule has 2 rings (SSSR count). The molecule has 2 fully saturated rings. The van der Waals surface area contributed by atoms with Crippen LogP contribution in [0.2, 0.25) is 0 Å². The lowest BCUT2D eigenvalue weighted by Gasteiger charge is -2.23. The number of amides is 7. The largest absolute Gasteiger partial charge is 0.479 e. The van der Waals surface area contributed by atoms with Gasteiger partial charge in [-0.25, -0.2) is 14.4 Å². The molecule has 0 saturated carbocycles. The van der Waals surface area contributed by atoms with Crippen LogP contribution in [-0.2, 0) is 19.2 Å². The van der Waals surface area contributed by atoms with Gasteiger partial charge in [0.15, 0.2) is 0 Å². The molecule has 2 aliphatic heterocycles. The summed E-state index contributed by atoms with van der Waals surface area (Å²) in [5, 5.41) is 14.0. The summed E-state index contributed by atoms with van der Waals surface area (Å²) in [6, 6.07) is -2.35. The highest BCUT2D eigenvalue weighted by Crippen LogP contribution is 2.17. The lowest BCUT2D eigenvalue weighted by Crippen LogP contribution is -2.65. The second-order valence-electron chi connectivity index (χ2n) is 3.71. The minimum atomic E-state index is -2.95. The van der Waals surface area contributed by atoms with E-state index in [1.54, 1.807) is 16.0 Å². The first-order valence-corrected chi connectivity index (χ1v) is 4.82. The molecule has 0 aromatic rings. The highest BCUT2D eigenvalue weighted by Gasteiger charge is 2.62. The van der Waals surface area contributed by atoms with Gasteiger partial charge in [-0.1, -0.05) is 0 Å². The van der Waals surface area contributed by atoms with Crippen molar-refractivity contribution in [1.29, 1.82) is 0 Å². The molecule has 1 unspecified atom stereocenters. The van der Waals surface area contributed by atoms with Crippen molar-refractivity contribution in [3.05, 3.63) is 0 Å². The van der Waals surface area contributed by atoms with E-state index in [0.717, 1.165) is 0 Å². The van der Waals surface area contributed by atoms with Crippen LogP contribution in [0.4, 0.5) is 9.59 Å². The van der Waals surface area contributed by atoms with Gasteiger partial charge in [0.1, 0.15) is 6.54 Å². The Morgan fingerprint density at radius 3 is 2.16 bits per heavy atom. The second-order valence-corrected chi connectivity index (χ2v) is 3.71. The zero-order valence-corrected chi connectivity index (χ0v) is 9.05. The maximum atomic E-state index is 12.0. The first-order valence-electron chi connectivity index (χ1n) is 4.82. The summed E-state index contributed by atoms with van der Waals surface area (Å²) < 4.78 is 0. The Morgan fingerprint density at radius 1 is 1.16 bits per heavy atom. The van der Waals surface area contributed by atoms with Gasteiger partial charge >= 0.3 is 18.0 Å². The minimum Gasteiger partial charge on any atom is -0.479 e. The van der Waals surface area contributed by atoms with Crippen molar-refractivity contribution >= 4 is 35.8 Å². The molecule has 0 spiro atoms. The lowest BCUT2D eigenvalue weighted by atomic mass is 9.98. The molecule has 2 heterocycles. The summed E-state index contributed by atoms with van der Waals surface area (Å²) in [6.07, 6.45) is 0. The number of aliphatic carboxylic acids is 1. The van der Waals surface area contributed by atoms with E-state index in [9.17, 15) is 28.8 Å². The zero-order valence-electron chi connectivity index (χ0n) is 9.05. The van der Waals surface area contributed by atoms with Crippen molar-refractivity contribution in [3.63, 3.8) is 0 Å². The van der Waals surface area contributed by atoms with E-state index in [4.69, 9.17) is 5.11 Å². The summed E-state index contributed by atoms with van der Waals surface area (Å²) in [4.78, 5) is 68.0. The van der Waals surface area contributed by atoms with Gasteiger partial charge < -0.3 is 10.4 Å². The molecule has 100 valence electrons. The van der Waals surface area contributed by atoms with E-state index in [1.165, 1.54) is 0 Å². The average Bonchev–Trinajstić information content (AvgIpc) is 2.78. The van der Waals surface area contributed by atoms with Crippen LogP contribution in [-0.4, -0.2) is 57.8 Å². The average molecular weight is 270 g/mol. The van der Waals surface area contributed by atoms with Crippen LogP contribution in [0.5, 0.6) is 0 Å². The molecular weight excluding hydrogens is 264 g/mol. The molecule has 0 aliphatic carbocycles. The molecule has 11 heteroatoms. The Labute approximate surface area is 103 Å². The molecule has 19 heavy (non-hydrogen) atoms. The van der Waals surface area contributed by atoms with Gasteiger partial charge in [-0.15, -0.1) is 0 Å². The van der Waals surface area contributed by atoms with E-state index < -0.39 is 47.8 Å². The van der Waals surface area contributed by atoms with Crippen molar-refractivity contribution in [2.45, 2.75) is 5.54 Å². The summed E-state index contributed by atoms with van der Waals surface area (Å²) >= 11 is 0. The third kappa shape index (κ3) is 1.59. The van der Waals surface area contributed by atoms with Gasteiger partial charge in [0.05, 0.1) is 0 Å². The molecule has 0 aromatic heterocycles. The number of rotatable bonds is 2. The Bertz CT molecular complexity index is 555. The van der Waals surface area contributed by atoms with E-state index >= 15 is 0 Å². The van der Waals surface area contributed by atoms with E-state index in [0.29, 0.717) is 0 Å². The first-order chi connectivity index (χ1) is 8.79. The molecule has 0 aromatic carbocycles. The molecule has 1 atom stereocenters. The highest BCUT2D eigenvalue weighted by molar-refractivity contribution is 6.34. The van der Waals surface area contributed by atoms with Gasteiger partial charge in [0.2, 0.25) is 5.91 Å². The van der Waals surface area contributed by atoms with E-state index in [2.05, 4.69) is 0 Å². The van der Waals surface area contributed by atoms with Gasteiger partial charge in [-0.2, -0.15) is 0 Å². The molecule has 7 amide bonds. The highest BCUT2D eigenvalue weighted by atomic mass is 16.4. The van der Waals surface area contributed by atoms with Crippen LogP contribution >= 0.6 is 0 Å². The second kappa shape index (κ2) is 3.76. The fourth-order valence-electron chi connectivity index (χ4n) is 1.66. The number of imide groups is 3. The number of carboxylic acids is 1. The summed E-state index contributed by atoms with van der Waals surface area (Å²) in [7, 11) is 0. The van der Waals surface area contributed by atoms with Crippen molar-refractivity contribution < 1.29 is 33.9 Å². The summed E-state index contributed by atoms with van der Waals surface area (Å²) in [5.41, 5.74) is -2.95. The molecule has 0 bridgehead atoms. The molecule has 11 nitrogen and oxygen atoms in total. The van der Waals surface area contributed by atoms with E-state index in [1.807, 2.05) is 0 Å². The number of carboxylic acid groups (broad SMARTS) is 1. The molecule has 2 aliphatic rings. The minimum absolute atomic E-state index is 0.238. The zero-order chi connectivity index (χ0) is 14.4. The van der Waals surface area contributed by atoms with Crippen LogP contribution in [0.25, 0.3) is 0 Å². The van der Waals surface area contributed by atoms with Crippen molar-refractivity contribution in [1.82, 2.24) is 20.9 Å². The summed E-state index contributed by atoms with van der Waals surface area (Å²) in [5.74, 6) is -5.74. The maximum Gasteiger partial charge on any atom is 0.349 e. The van der Waals surface area contributed by atoms with Gasteiger partial charge in [0, 0.05) is 0 Å². The summed E-state index contributed by atoms with van der Waals surface area (Å²) in [6.45, 7) is -0.726. The third-order valence-electron chi connectivity index (χ3n) is 2.55. The quantitative estimate of drug-likeness (QED) is 0.302. The Hall–Kier alpha value is -2.98. The Balaban J connectivity index is 2.41. The number of nitrogens with zero attached hydrogens (tertiary/aromatic N) is 1. The number of hydrogen-bond donors (Lipinski definition) is 4. The number of urea groups is 2. The SMILES string of the molecule is O=C1CN(C(=O)C2(C(=O)O)NC(=O)NC2=O)C(=O)N1. The van der Waals surface area contributed by atoms with Crippen molar-refractivity contribution in [2.75, 3.05) is 6.54 Å². The number of carbonyl (C=O) groups is 6. The Morgan fingerprint density at radius 2 is 1.79 bits per heavy atom. The smallest absolute Gasteiger partial charge is 0.349 e. The van der Waals surface area contributed by atoms with Gasteiger partial charge in [-0.05, 0) is 0 Å². The first kappa shape index (κ1) is 12.5. The topological polar surface area (TPSA) is 162 Å². The number of hydrogen-bond acceptors (Lipinski definition) is 6. The maximum absolute atomic E-state index is 12.0. The lowest BCUT2D eigenvalue weighted by molar-refractivity contribution is -0.156. The van der Waals surface area contributed by atoms with Crippen molar-refractivity contribution in [2.24, 2.45) is 0 Å². The molecular formula is C8H6N4O7. The number of carbonyl (C=O) groups excluding carboxylic acids is 5. The predicted octanol–water partition coefficient (Wildman–Crippen LogP) is -3.27. The van der Waals surface area contributed by atoms with Gasteiger partial charge in [-0.3, -0.25) is 29.9 Å². The van der Waals surface area contributed by atoms with Crippen LogP contribution in [0.1, 0.15) is 0 Å². The van der Waals surface area contributed by atoms with Crippen LogP contribution in [0.15, 0.2) is 0 Å². The number of nitrogens with one attached hydrogen (secondary N) is 3. The van der Waals surface area contributed by atoms with Crippen LogP contribution in [0, 0.1) is 0 Å². The predicted molar refractivity (Wildman–Crippen MR) is 52.3 cm³/mol. The van der Waals surface area contributed by atoms with Crippen LogP contribution in [0.3, 0.4) is 0 Å². The molecule has 4 N–H and O–H groups in total. The molecule has 0 radical (unpaired) electrons. The molecule has 2 saturated heterocycles. The monoisotopic (exact) mass is 270 g/mol. The standard InChI is InChI=1S/C8H6N4O7/c13-2-1-12(7(19)9-2)4(15)8(5(16)17)3(14)10-6(18)11-8/h1H2,(H,16,17)(H,9,13,19)(H2,10,11,14,18). The van der Waals surface area contributed by atoms with Gasteiger partial charge in [0.25, 0.3) is 17.4 Å².